The lowest BCUT2D eigenvalue weighted by Crippen LogP contribution is -2.53. The highest BCUT2D eigenvalue weighted by Gasteiger charge is 2.70. The zero-order valence-electron chi connectivity index (χ0n) is 30.6. The van der Waals surface area contributed by atoms with Crippen molar-refractivity contribution in [1.29, 1.82) is 0 Å². The van der Waals surface area contributed by atoms with Crippen LogP contribution in [-0.2, 0) is 24.6 Å². The van der Waals surface area contributed by atoms with Gasteiger partial charge in [0.1, 0.15) is 11.3 Å². The van der Waals surface area contributed by atoms with E-state index in [4.69, 9.17) is 4.42 Å². The number of para-hydroxylation sites is 2. The summed E-state index contributed by atoms with van der Waals surface area (Å²) in [6, 6.07) is 36.3. The number of rotatable bonds is 6. The number of anilines is 2. The second kappa shape index (κ2) is 13.1. The van der Waals surface area contributed by atoms with E-state index in [1.165, 1.54) is 4.90 Å². The van der Waals surface area contributed by atoms with E-state index in [-0.39, 0.29) is 30.4 Å². The number of allylic oxidation sites excluding steroid dienone is 2. The normalized spacial score (nSPS) is 25.4. The summed E-state index contributed by atoms with van der Waals surface area (Å²) in [5.74, 6) is -5.00. The second-order valence-electron chi connectivity index (χ2n) is 15.3. The molecule has 6 atom stereocenters. The molecule has 1 saturated carbocycles. The van der Waals surface area contributed by atoms with Gasteiger partial charge >= 0.3 is 0 Å². The second-order valence-corrected chi connectivity index (χ2v) is 16.3. The Labute approximate surface area is 335 Å². The maximum absolute atomic E-state index is 15.3. The number of phenolic OH excluding ortho intramolecular Hbond substituents is 1. The summed E-state index contributed by atoms with van der Waals surface area (Å²) in [5.41, 5.74) is 7.56. The molecule has 0 spiro atoms. The monoisotopic (exact) mass is 818 g/mol. The first kappa shape index (κ1) is 35.1. The number of benzene rings is 5. The SMILES string of the molecule is Cc1ccc(NN2C(=O)C3CC4C(=CCC5C(=O)N(c6ccc(-c7nc8ccccc8o7)cc6)C(=O)C54)C(c4cc(Br)ccc4O)C3(c3ccccc3)C2=O)cc1. The van der Waals surface area contributed by atoms with E-state index in [1.54, 1.807) is 42.5 Å². The number of nitrogens with one attached hydrogen (secondary N) is 1. The molecule has 4 aliphatic rings. The number of aryl methyl sites for hydroxylation is 1. The van der Waals surface area contributed by atoms with Crippen molar-refractivity contribution in [3.63, 3.8) is 0 Å². The largest absolute Gasteiger partial charge is 0.508 e. The molecule has 0 bridgehead atoms. The molecule has 6 aromatic rings. The number of carbonyl (C=O) groups is 4. The molecule has 0 radical (unpaired) electrons. The molecule has 11 heteroatoms. The predicted molar refractivity (Wildman–Crippen MR) is 217 cm³/mol. The van der Waals surface area contributed by atoms with Crippen LogP contribution in [-0.4, -0.2) is 38.7 Å². The van der Waals surface area contributed by atoms with Gasteiger partial charge in [0.15, 0.2) is 5.58 Å². The summed E-state index contributed by atoms with van der Waals surface area (Å²) < 4.78 is 6.63. The molecule has 57 heavy (non-hydrogen) atoms. The van der Waals surface area contributed by atoms with Gasteiger partial charge in [0.2, 0.25) is 17.7 Å². The van der Waals surface area contributed by atoms with Gasteiger partial charge in [0.05, 0.1) is 34.5 Å². The average molecular weight is 820 g/mol. The van der Waals surface area contributed by atoms with Crippen LogP contribution in [0.15, 0.2) is 142 Å². The summed E-state index contributed by atoms with van der Waals surface area (Å²) in [4.78, 5) is 65.2. The minimum atomic E-state index is -1.49. The first-order valence-corrected chi connectivity index (χ1v) is 19.7. The molecule has 5 aromatic carbocycles. The van der Waals surface area contributed by atoms with Crippen molar-refractivity contribution in [2.45, 2.75) is 31.1 Å². The Kier molecular flexibility index (Phi) is 8.09. The van der Waals surface area contributed by atoms with E-state index in [0.717, 1.165) is 21.7 Å². The summed E-state index contributed by atoms with van der Waals surface area (Å²) in [6.45, 7) is 1.96. The number of oxazole rings is 1. The highest BCUT2D eigenvalue weighted by atomic mass is 79.9. The van der Waals surface area contributed by atoms with Crippen LogP contribution in [0.1, 0.15) is 35.4 Å². The highest BCUT2D eigenvalue weighted by Crippen LogP contribution is 2.65. The third kappa shape index (κ3) is 5.25. The molecule has 282 valence electrons. The van der Waals surface area contributed by atoms with Gasteiger partial charge in [-0.2, -0.15) is 5.01 Å². The Morgan fingerprint density at radius 2 is 1.56 bits per heavy atom. The van der Waals surface area contributed by atoms with Crippen LogP contribution < -0.4 is 10.3 Å². The zero-order valence-corrected chi connectivity index (χ0v) is 32.2. The predicted octanol–water partition coefficient (Wildman–Crippen LogP) is 8.46. The van der Waals surface area contributed by atoms with E-state index in [1.807, 2.05) is 91.9 Å². The van der Waals surface area contributed by atoms with Gasteiger partial charge in [-0.1, -0.05) is 87.7 Å². The number of fused-ring (bicyclic) bond motifs is 5. The lowest BCUT2D eigenvalue weighted by Gasteiger charge is -2.50. The summed E-state index contributed by atoms with van der Waals surface area (Å²) in [5, 5.41) is 12.8. The Morgan fingerprint density at radius 1 is 0.825 bits per heavy atom. The van der Waals surface area contributed by atoms with E-state index in [9.17, 15) is 19.5 Å². The van der Waals surface area contributed by atoms with Crippen molar-refractivity contribution in [1.82, 2.24) is 9.99 Å². The molecule has 3 heterocycles. The van der Waals surface area contributed by atoms with Crippen LogP contribution in [0.4, 0.5) is 11.4 Å². The fourth-order valence-corrected chi connectivity index (χ4v) is 10.2. The standard InChI is InChI=1S/C46H35BrN4O6/c1-25-11-16-29(17-12-25)49-51-43(54)35-24-33-31(40(34-23-28(47)15-22-37(34)52)46(35,45(51)56)27-7-3-2-4-8-27)20-21-32-39(33)44(55)50(42(32)53)30-18-13-26(14-19-30)41-48-36-9-5-6-10-38(36)57-41/h2-20,22-23,32-33,35,39-40,49,52H,21,24H2,1H3. The van der Waals surface area contributed by atoms with Gasteiger partial charge in [0.25, 0.3) is 11.8 Å². The summed E-state index contributed by atoms with van der Waals surface area (Å²) in [7, 11) is 0. The number of hydrogen-bond acceptors (Lipinski definition) is 8. The van der Waals surface area contributed by atoms with Crippen LogP contribution in [0.3, 0.4) is 0 Å². The smallest absolute Gasteiger partial charge is 0.260 e. The average Bonchev–Trinajstić information content (AvgIpc) is 3.84. The Bertz CT molecular complexity index is 2640. The first-order chi connectivity index (χ1) is 27.6. The maximum Gasteiger partial charge on any atom is 0.260 e. The van der Waals surface area contributed by atoms with Gasteiger partial charge < -0.3 is 9.52 Å². The van der Waals surface area contributed by atoms with Crippen LogP contribution in [0.25, 0.3) is 22.6 Å². The molecule has 4 amide bonds. The van der Waals surface area contributed by atoms with Crippen LogP contribution in [0.2, 0.25) is 0 Å². The number of imide groups is 2. The Balaban J connectivity index is 1.08. The van der Waals surface area contributed by atoms with E-state index >= 15 is 4.79 Å². The highest BCUT2D eigenvalue weighted by molar-refractivity contribution is 9.10. The lowest BCUT2D eigenvalue weighted by molar-refractivity contribution is -0.138. The van der Waals surface area contributed by atoms with Gasteiger partial charge in [0, 0.05) is 21.5 Å². The van der Waals surface area contributed by atoms with E-state index < -0.39 is 46.8 Å². The zero-order chi connectivity index (χ0) is 39.2. The van der Waals surface area contributed by atoms with Crippen molar-refractivity contribution >= 4 is 62.0 Å². The minimum absolute atomic E-state index is 0.0411. The third-order valence-corrected chi connectivity index (χ3v) is 12.9. The molecular formula is C46H35BrN4O6. The first-order valence-electron chi connectivity index (χ1n) is 18.9. The van der Waals surface area contributed by atoms with Gasteiger partial charge in [-0.15, -0.1) is 0 Å². The van der Waals surface area contributed by atoms with Crippen molar-refractivity contribution in [3.8, 4) is 17.2 Å². The molecule has 2 saturated heterocycles. The molecule has 3 fully saturated rings. The maximum atomic E-state index is 15.3. The van der Waals surface area contributed by atoms with Crippen molar-refractivity contribution in [2.75, 3.05) is 10.3 Å². The number of aromatic hydroxyl groups is 1. The fourth-order valence-electron chi connectivity index (χ4n) is 9.85. The number of amides is 4. The summed E-state index contributed by atoms with van der Waals surface area (Å²) in [6.07, 6.45) is 2.39. The Morgan fingerprint density at radius 3 is 2.32 bits per heavy atom. The fraction of sp³-hybridized carbons (Fsp3) is 0.196. The van der Waals surface area contributed by atoms with Crippen LogP contribution in [0.5, 0.6) is 5.75 Å². The van der Waals surface area contributed by atoms with Crippen LogP contribution >= 0.6 is 15.9 Å². The number of hydrazine groups is 1. The van der Waals surface area contributed by atoms with Gasteiger partial charge in [-0.05, 0) is 98.0 Å². The Hall–Kier alpha value is -6.33. The quantitative estimate of drug-likeness (QED) is 0.126. The van der Waals surface area contributed by atoms with Gasteiger partial charge in [-0.25, -0.2) is 4.98 Å². The molecule has 2 aliphatic carbocycles. The van der Waals surface area contributed by atoms with E-state index in [0.29, 0.717) is 44.0 Å². The van der Waals surface area contributed by atoms with Crippen molar-refractivity contribution in [3.05, 3.63) is 154 Å². The number of phenols is 1. The molecule has 6 unspecified atom stereocenters. The van der Waals surface area contributed by atoms with Crippen molar-refractivity contribution < 1.29 is 28.7 Å². The van der Waals surface area contributed by atoms with Crippen molar-refractivity contribution in [2.24, 2.45) is 23.7 Å². The molecule has 1 aromatic heterocycles. The minimum Gasteiger partial charge on any atom is -0.508 e. The number of carbonyl (C=O) groups excluding carboxylic acids is 4. The molecule has 2 N–H and O–H groups in total. The lowest BCUT2D eigenvalue weighted by atomic mass is 9.49. The van der Waals surface area contributed by atoms with Crippen LogP contribution in [0, 0.1) is 30.6 Å². The number of aromatic nitrogens is 1. The number of halogens is 1. The number of hydrogen-bond donors (Lipinski definition) is 2. The topological polar surface area (TPSA) is 133 Å². The summed E-state index contributed by atoms with van der Waals surface area (Å²) >= 11 is 3.59. The number of nitrogens with zero attached hydrogens (tertiary/aromatic N) is 3. The van der Waals surface area contributed by atoms with Gasteiger partial charge in [-0.3, -0.25) is 29.5 Å². The molecule has 10 rings (SSSR count). The molecule has 2 aliphatic heterocycles. The van der Waals surface area contributed by atoms with E-state index in [2.05, 4.69) is 26.3 Å². The molecular weight excluding hydrogens is 784 g/mol. The third-order valence-electron chi connectivity index (χ3n) is 12.4. The molecule has 10 nitrogen and oxygen atoms in total.